The molecule has 0 fully saturated rings. The molecule has 1 aromatic heterocycles. The summed E-state index contributed by atoms with van der Waals surface area (Å²) < 4.78 is 0. The van der Waals surface area contributed by atoms with Gasteiger partial charge >= 0.3 is 0 Å². The van der Waals surface area contributed by atoms with Gasteiger partial charge < -0.3 is 10.6 Å². The number of aryl methyl sites for hydroxylation is 1. The first-order chi connectivity index (χ1) is 11.5. The quantitative estimate of drug-likeness (QED) is 0.758. The molecular formula is C18H20N2O3S. The van der Waals surface area contributed by atoms with Crippen molar-refractivity contribution in [2.45, 2.75) is 26.2 Å². The lowest BCUT2D eigenvalue weighted by Crippen LogP contribution is -2.19. The fourth-order valence-corrected chi connectivity index (χ4v) is 2.97. The van der Waals surface area contributed by atoms with Crippen molar-refractivity contribution in [2.75, 3.05) is 12.4 Å². The van der Waals surface area contributed by atoms with Gasteiger partial charge in [0, 0.05) is 30.5 Å². The molecule has 126 valence electrons. The highest BCUT2D eigenvalue weighted by Crippen LogP contribution is 2.18. The van der Waals surface area contributed by atoms with Crippen molar-refractivity contribution in [2.24, 2.45) is 0 Å². The summed E-state index contributed by atoms with van der Waals surface area (Å²) in [6, 6.07) is 10.8. The van der Waals surface area contributed by atoms with Crippen LogP contribution in [-0.2, 0) is 16.0 Å². The Morgan fingerprint density at radius 3 is 2.25 bits per heavy atom. The van der Waals surface area contributed by atoms with Crippen LogP contribution in [0.4, 0.5) is 5.69 Å². The van der Waals surface area contributed by atoms with Crippen molar-refractivity contribution >= 4 is 34.6 Å². The lowest BCUT2D eigenvalue weighted by Gasteiger charge is -2.06. The van der Waals surface area contributed by atoms with Gasteiger partial charge in [0.25, 0.3) is 0 Å². The molecule has 2 N–H and O–H groups in total. The molecule has 0 spiro atoms. The summed E-state index contributed by atoms with van der Waals surface area (Å²) in [6.45, 7) is 1.95. The summed E-state index contributed by atoms with van der Waals surface area (Å²) in [5, 5.41) is 5.32. The van der Waals surface area contributed by atoms with Crippen LogP contribution in [-0.4, -0.2) is 24.6 Å². The fraction of sp³-hybridized carbons (Fsp3) is 0.278. The molecule has 0 aliphatic carbocycles. The second kappa shape index (κ2) is 8.40. The summed E-state index contributed by atoms with van der Waals surface area (Å²) in [4.78, 5) is 37.0. The van der Waals surface area contributed by atoms with E-state index in [9.17, 15) is 14.4 Å². The molecule has 2 rings (SSSR count). The van der Waals surface area contributed by atoms with Gasteiger partial charge in [-0.15, -0.1) is 11.3 Å². The zero-order chi connectivity index (χ0) is 17.5. The fourth-order valence-electron chi connectivity index (χ4n) is 2.14. The van der Waals surface area contributed by atoms with Gasteiger partial charge in [0.1, 0.15) is 0 Å². The summed E-state index contributed by atoms with van der Waals surface area (Å²) in [7, 11) is 1.59. The molecule has 24 heavy (non-hydrogen) atoms. The third-order valence-electron chi connectivity index (χ3n) is 3.48. The van der Waals surface area contributed by atoms with Gasteiger partial charge in [0.2, 0.25) is 11.8 Å². The van der Waals surface area contributed by atoms with Crippen LogP contribution in [0.15, 0.2) is 36.4 Å². The van der Waals surface area contributed by atoms with E-state index in [2.05, 4.69) is 10.6 Å². The van der Waals surface area contributed by atoms with Gasteiger partial charge in [0.15, 0.2) is 5.78 Å². The number of carbonyl (C=O) groups excluding carboxylic acids is 3. The number of Topliss-reactive ketones (excluding diaryl/α,β-unsaturated/α-hetero) is 1. The topological polar surface area (TPSA) is 75.3 Å². The number of thiophene rings is 1. The molecule has 5 nitrogen and oxygen atoms in total. The Labute approximate surface area is 145 Å². The van der Waals surface area contributed by atoms with E-state index in [1.54, 1.807) is 37.4 Å². The highest BCUT2D eigenvalue weighted by Gasteiger charge is 2.11. The van der Waals surface area contributed by atoms with Gasteiger partial charge in [-0.3, -0.25) is 14.4 Å². The average Bonchev–Trinajstić information content (AvgIpc) is 3.01. The Kier molecular flexibility index (Phi) is 6.26. The smallest absolute Gasteiger partial charge is 0.224 e. The number of nitrogens with one attached hydrogen (secondary N) is 2. The van der Waals surface area contributed by atoms with Crippen molar-refractivity contribution in [1.29, 1.82) is 0 Å². The van der Waals surface area contributed by atoms with Crippen molar-refractivity contribution in [3.8, 4) is 0 Å². The SMILES string of the molecule is CNC(=O)Cc1ccc(NC(=O)CCC(=O)c2ccc(C)s2)cc1. The van der Waals surface area contributed by atoms with E-state index in [1.165, 1.54) is 11.3 Å². The second-order valence-corrected chi connectivity index (χ2v) is 6.72. The van der Waals surface area contributed by atoms with Gasteiger partial charge in [0.05, 0.1) is 11.3 Å². The lowest BCUT2D eigenvalue weighted by atomic mass is 10.1. The Morgan fingerprint density at radius 1 is 0.958 bits per heavy atom. The van der Waals surface area contributed by atoms with Crippen LogP contribution >= 0.6 is 11.3 Å². The minimum absolute atomic E-state index is 0.0100. The predicted molar refractivity (Wildman–Crippen MR) is 95.5 cm³/mol. The van der Waals surface area contributed by atoms with Crippen LogP contribution < -0.4 is 10.6 Å². The van der Waals surface area contributed by atoms with Crippen molar-refractivity contribution in [3.05, 3.63) is 51.7 Å². The molecule has 0 saturated carbocycles. The number of ketones is 1. The Bertz CT molecular complexity index is 735. The van der Waals surface area contributed by atoms with Crippen LogP contribution in [0.3, 0.4) is 0 Å². The molecule has 2 aromatic rings. The lowest BCUT2D eigenvalue weighted by molar-refractivity contribution is -0.120. The normalized spacial score (nSPS) is 10.2. The van der Waals surface area contributed by atoms with Crippen LogP contribution in [0.1, 0.15) is 33.0 Å². The molecule has 1 aromatic carbocycles. The number of hydrogen-bond donors (Lipinski definition) is 2. The molecule has 2 amide bonds. The minimum Gasteiger partial charge on any atom is -0.359 e. The first-order valence-corrected chi connectivity index (χ1v) is 8.48. The minimum atomic E-state index is -0.198. The molecule has 0 atom stereocenters. The van der Waals surface area contributed by atoms with Crippen LogP contribution in [0.25, 0.3) is 0 Å². The number of hydrogen-bond acceptors (Lipinski definition) is 4. The Hall–Kier alpha value is -2.47. The molecule has 0 bridgehead atoms. The summed E-state index contributed by atoms with van der Waals surface area (Å²) in [6.07, 6.45) is 0.649. The van der Waals surface area contributed by atoms with Crippen LogP contribution in [0.2, 0.25) is 0 Å². The first-order valence-electron chi connectivity index (χ1n) is 7.67. The third-order valence-corrected chi connectivity index (χ3v) is 4.52. The predicted octanol–water partition coefficient (Wildman–Crippen LogP) is 2.95. The molecule has 0 aliphatic heterocycles. The number of benzene rings is 1. The van der Waals surface area contributed by atoms with E-state index in [0.717, 1.165) is 10.4 Å². The van der Waals surface area contributed by atoms with Gasteiger partial charge in [-0.25, -0.2) is 0 Å². The Morgan fingerprint density at radius 2 is 1.67 bits per heavy atom. The summed E-state index contributed by atoms with van der Waals surface area (Å²) in [5.41, 5.74) is 1.52. The standard InChI is InChI=1S/C18H20N2O3S/c1-12-3-9-16(24-12)15(21)8-10-17(22)20-14-6-4-13(5-7-14)11-18(23)19-2/h3-7,9H,8,10-11H2,1-2H3,(H,19,23)(H,20,22). The van der Waals surface area contributed by atoms with E-state index >= 15 is 0 Å². The van der Waals surface area contributed by atoms with Gasteiger partial charge in [-0.2, -0.15) is 0 Å². The van der Waals surface area contributed by atoms with Crippen molar-refractivity contribution < 1.29 is 14.4 Å². The van der Waals surface area contributed by atoms with Crippen molar-refractivity contribution in [1.82, 2.24) is 5.32 Å². The largest absolute Gasteiger partial charge is 0.359 e. The molecule has 0 aliphatic rings. The highest BCUT2D eigenvalue weighted by molar-refractivity contribution is 7.14. The number of amides is 2. The zero-order valence-corrected chi connectivity index (χ0v) is 14.5. The van der Waals surface area contributed by atoms with E-state index < -0.39 is 0 Å². The number of carbonyl (C=O) groups is 3. The van der Waals surface area contributed by atoms with E-state index in [-0.39, 0.29) is 30.4 Å². The van der Waals surface area contributed by atoms with Crippen molar-refractivity contribution in [3.63, 3.8) is 0 Å². The molecule has 0 unspecified atom stereocenters. The van der Waals surface area contributed by atoms with E-state index in [4.69, 9.17) is 0 Å². The average molecular weight is 344 g/mol. The third kappa shape index (κ3) is 5.31. The number of rotatable bonds is 7. The first kappa shape index (κ1) is 17.9. The maximum atomic E-state index is 12.0. The molecule has 6 heteroatoms. The Balaban J connectivity index is 1.81. The van der Waals surface area contributed by atoms with Gasteiger partial charge in [-0.05, 0) is 36.8 Å². The number of likely N-dealkylation sites (N-methyl/N-ethyl adjacent to an activating group) is 1. The van der Waals surface area contributed by atoms with E-state index in [0.29, 0.717) is 17.0 Å². The molecule has 0 saturated heterocycles. The highest BCUT2D eigenvalue weighted by atomic mass is 32.1. The monoisotopic (exact) mass is 344 g/mol. The maximum absolute atomic E-state index is 12.0. The van der Waals surface area contributed by atoms with E-state index in [1.807, 2.05) is 13.0 Å². The maximum Gasteiger partial charge on any atom is 0.224 e. The molecular weight excluding hydrogens is 324 g/mol. The second-order valence-electron chi connectivity index (χ2n) is 5.43. The zero-order valence-electron chi connectivity index (χ0n) is 13.7. The summed E-state index contributed by atoms with van der Waals surface area (Å²) >= 11 is 1.45. The van der Waals surface area contributed by atoms with Gasteiger partial charge in [-0.1, -0.05) is 12.1 Å². The molecule has 0 radical (unpaired) electrons. The van der Waals surface area contributed by atoms with Crippen LogP contribution in [0, 0.1) is 6.92 Å². The molecule has 1 heterocycles. The number of anilines is 1. The summed E-state index contributed by atoms with van der Waals surface area (Å²) in [5.74, 6) is -0.269. The van der Waals surface area contributed by atoms with Crippen LogP contribution in [0.5, 0.6) is 0 Å².